The highest BCUT2D eigenvalue weighted by molar-refractivity contribution is 6.30. The van der Waals surface area contributed by atoms with Gasteiger partial charge in [0.15, 0.2) is 18.2 Å². The number of carbonyl (C=O) groups is 4. The number of esters is 1. The van der Waals surface area contributed by atoms with Gasteiger partial charge in [-0.25, -0.2) is 4.79 Å². The van der Waals surface area contributed by atoms with Crippen molar-refractivity contribution in [3.8, 4) is 0 Å². The van der Waals surface area contributed by atoms with Gasteiger partial charge in [0.25, 0.3) is 11.6 Å². The van der Waals surface area contributed by atoms with Gasteiger partial charge in [0.2, 0.25) is 0 Å². The maximum Gasteiger partial charge on any atom is 0.331 e. The molecule has 34 heavy (non-hydrogen) atoms. The maximum atomic E-state index is 13.0. The fraction of sp³-hybridized carbons (Fsp3) is 0.0400. The lowest BCUT2D eigenvalue weighted by molar-refractivity contribution is -0.384. The molecular weight excluding hydrogens is 440 g/mol. The number of ketones is 2. The monoisotopic (exact) mass is 456 g/mol. The number of nitrogens with one attached hydrogen (secondary N) is 1. The number of nitrogens with zero attached hydrogens (tertiary/aromatic N) is 1. The Labute approximate surface area is 192 Å². The summed E-state index contributed by atoms with van der Waals surface area (Å²) in [7, 11) is 0. The van der Waals surface area contributed by atoms with Crippen molar-refractivity contribution in [3.05, 3.63) is 111 Å². The first-order valence-corrected chi connectivity index (χ1v) is 10.1. The third-order valence-electron chi connectivity index (χ3n) is 5.09. The van der Waals surface area contributed by atoms with Gasteiger partial charge < -0.3 is 10.1 Å². The van der Waals surface area contributed by atoms with Crippen LogP contribution in [0.25, 0.3) is 6.08 Å². The number of anilines is 1. The normalized spacial score (nSPS) is 12.1. The summed E-state index contributed by atoms with van der Waals surface area (Å²) in [6, 6.07) is 16.5. The minimum Gasteiger partial charge on any atom is -0.452 e. The molecule has 1 amide bonds. The van der Waals surface area contributed by atoms with Crippen LogP contribution in [0.2, 0.25) is 0 Å². The standard InChI is InChI=1S/C25H16N2O7/c28-21(14-34-22(29)13-10-15-8-11-16(12-9-15)27(32)33)26-20-7-3-6-19-23(20)25(31)18-5-2-1-4-17(18)24(19)30/h1-13H,14H2,(H,26,28)/b13-10+. The lowest BCUT2D eigenvalue weighted by Crippen LogP contribution is -2.25. The van der Waals surface area contributed by atoms with E-state index in [2.05, 4.69) is 5.32 Å². The van der Waals surface area contributed by atoms with Gasteiger partial charge in [-0.2, -0.15) is 0 Å². The molecule has 4 rings (SSSR count). The van der Waals surface area contributed by atoms with E-state index in [9.17, 15) is 29.3 Å². The molecule has 9 heteroatoms. The second kappa shape index (κ2) is 9.29. The Hall–Kier alpha value is -4.92. The van der Waals surface area contributed by atoms with Crippen LogP contribution in [0, 0.1) is 10.1 Å². The number of hydrogen-bond donors (Lipinski definition) is 1. The maximum absolute atomic E-state index is 13.0. The summed E-state index contributed by atoms with van der Waals surface area (Å²) in [5.41, 5.74) is 1.43. The molecule has 1 N–H and O–H groups in total. The molecule has 0 aromatic heterocycles. The minimum atomic E-state index is -0.802. The highest BCUT2D eigenvalue weighted by Gasteiger charge is 2.31. The van der Waals surface area contributed by atoms with Crippen molar-refractivity contribution >= 4 is 40.9 Å². The minimum absolute atomic E-state index is 0.0804. The van der Waals surface area contributed by atoms with Crippen LogP contribution in [-0.4, -0.2) is 35.0 Å². The molecule has 168 valence electrons. The van der Waals surface area contributed by atoms with Crippen LogP contribution in [0.5, 0.6) is 0 Å². The van der Waals surface area contributed by atoms with Crippen molar-refractivity contribution in [3.63, 3.8) is 0 Å². The van der Waals surface area contributed by atoms with Crippen molar-refractivity contribution in [2.45, 2.75) is 0 Å². The van der Waals surface area contributed by atoms with E-state index in [-0.39, 0.29) is 39.6 Å². The fourth-order valence-electron chi connectivity index (χ4n) is 3.49. The van der Waals surface area contributed by atoms with E-state index in [0.29, 0.717) is 11.1 Å². The van der Waals surface area contributed by atoms with Crippen molar-refractivity contribution in [2.24, 2.45) is 0 Å². The second-order valence-corrected chi connectivity index (χ2v) is 7.27. The number of amides is 1. The van der Waals surface area contributed by atoms with E-state index < -0.39 is 23.4 Å². The first kappa shape index (κ1) is 22.3. The molecule has 3 aromatic rings. The average molecular weight is 456 g/mol. The summed E-state index contributed by atoms with van der Waals surface area (Å²) in [5, 5.41) is 13.2. The number of carbonyl (C=O) groups excluding carboxylic acids is 4. The predicted molar refractivity (Wildman–Crippen MR) is 121 cm³/mol. The Morgan fingerprint density at radius 3 is 2.21 bits per heavy atom. The van der Waals surface area contributed by atoms with Crippen molar-refractivity contribution < 1.29 is 28.8 Å². The SMILES string of the molecule is O=C(COC(=O)/C=C/c1ccc([N+](=O)[O-])cc1)Nc1cccc2c1C(=O)c1ccccc1C2=O. The molecule has 3 aromatic carbocycles. The second-order valence-electron chi connectivity index (χ2n) is 7.27. The molecular formula is C25H16N2O7. The molecule has 0 saturated carbocycles. The van der Waals surface area contributed by atoms with Gasteiger partial charge in [0.1, 0.15) is 0 Å². The highest BCUT2D eigenvalue weighted by atomic mass is 16.6. The topological polar surface area (TPSA) is 133 Å². The molecule has 0 fully saturated rings. The number of nitro groups is 1. The van der Waals surface area contributed by atoms with Gasteiger partial charge in [-0.3, -0.25) is 24.5 Å². The van der Waals surface area contributed by atoms with Crippen LogP contribution < -0.4 is 5.32 Å². The number of fused-ring (bicyclic) bond motifs is 2. The summed E-state index contributed by atoms with van der Waals surface area (Å²) in [4.78, 5) is 60.1. The summed E-state index contributed by atoms with van der Waals surface area (Å²) < 4.78 is 4.91. The third-order valence-corrected chi connectivity index (χ3v) is 5.09. The van der Waals surface area contributed by atoms with Crippen molar-refractivity contribution in [1.82, 2.24) is 0 Å². The average Bonchev–Trinajstić information content (AvgIpc) is 2.85. The lowest BCUT2D eigenvalue weighted by Gasteiger charge is -2.20. The number of nitro benzene ring substituents is 1. The number of ether oxygens (including phenoxy) is 1. The van der Waals surface area contributed by atoms with Crippen LogP contribution in [-0.2, 0) is 14.3 Å². The Morgan fingerprint density at radius 2 is 1.53 bits per heavy atom. The Kier molecular flexibility index (Phi) is 6.09. The van der Waals surface area contributed by atoms with Gasteiger partial charge in [-0.15, -0.1) is 0 Å². The van der Waals surface area contributed by atoms with Gasteiger partial charge in [-0.05, 0) is 29.8 Å². The molecule has 0 bridgehead atoms. The molecule has 0 atom stereocenters. The molecule has 0 radical (unpaired) electrons. The summed E-state index contributed by atoms with van der Waals surface area (Å²) in [5.74, 6) is -2.19. The predicted octanol–water partition coefficient (Wildman–Crippen LogP) is 3.57. The highest BCUT2D eigenvalue weighted by Crippen LogP contribution is 2.31. The van der Waals surface area contributed by atoms with Crippen LogP contribution in [0.1, 0.15) is 37.4 Å². The molecule has 1 aliphatic rings. The zero-order chi connectivity index (χ0) is 24.2. The van der Waals surface area contributed by atoms with E-state index in [1.54, 1.807) is 30.3 Å². The van der Waals surface area contributed by atoms with Crippen LogP contribution in [0.3, 0.4) is 0 Å². The van der Waals surface area contributed by atoms with Crippen molar-refractivity contribution in [1.29, 1.82) is 0 Å². The van der Waals surface area contributed by atoms with E-state index in [1.165, 1.54) is 42.5 Å². The first-order valence-electron chi connectivity index (χ1n) is 10.1. The quantitative estimate of drug-likeness (QED) is 0.203. The van der Waals surface area contributed by atoms with Crippen LogP contribution in [0.4, 0.5) is 11.4 Å². The van der Waals surface area contributed by atoms with Crippen molar-refractivity contribution in [2.75, 3.05) is 11.9 Å². The molecule has 1 aliphatic carbocycles. The van der Waals surface area contributed by atoms with Crippen LogP contribution in [0.15, 0.2) is 72.8 Å². The van der Waals surface area contributed by atoms with E-state index in [4.69, 9.17) is 4.74 Å². The van der Waals surface area contributed by atoms with Gasteiger partial charge in [0, 0.05) is 34.9 Å². The van der Waals surface area contributed by atoms with E-state index in [1.807, 2.05) is 0 Å². The largest absolute Gasteiger partial charge is 0.452 e. The first-order chi connectivity index (χ1) is 16.3. The summed E-state index contributed by atoms with van der Waals surface area (Å²) >= 11 is 0. The lowest BCUT2D eigenvalue weighted by atomic mass is 9.83. The molecule has 0 saturated heterocycles. The number of hydrogen-bond acceptors (Lipinski definition) is 7. The Bertz CT molecular complexity index is 1370. The van der Waals surface area contributed by atoms with Gasteiger partial charge in [0.05, 0.1) is 16.2 Å². The molecule has 0 aliphatic heterocycles. The summed E-state index contributed by atoms with van der Waals surface area (Å²) in [6.07, 6.45) is 2.47. The number of rotatable bonds is 6. The molecule has 0 spiro atoms. The van der Waals surface area contributed by atoms with E-state index >= 15 is 0 Å². The fourth-order valence-corrected chi connectivity index (χ4v) is 3.49. The van der Waals surface area contributed by atoms with Gasteiger partial charge in [-0.1, -0.05) is 36.4 Å². The number of non-ortho nitro benzene ring substituents is 1. The van der Waals surface area contributed by atoms with Crippen LogP contribution >= 0.6 is 0 Å². The Balaban J connectivity index is 1.40. The third kappa shape index (κ3) is 4.49. The zero-order valence-electron chi connectivity index (χ0n) is 17.5. The van der Waals surface area contributed by atoms with Gasteiger partial charge >= 0.3 is 5.97 Å². The molecule has 0 heterocycles. The Morgan fingerprint density at radius 1 is 0.882 bits per heavy atom. The number of benzene rings is 3. The molecule has 9 nitrogen and oxygen atoms in total. The molecule has 0 unspecified atom stereocenters. The van der Waals surface area contributed by atoms with E-state index in [0.717, 1.165) is 6.08 Å². The smallest absolute Gasteiger partial charge is 0.331 e. The zero-order valence-corrected chi connectivity index (χ0v) is 17.5. The summed E-state index contributed by atoms with van der Waals surface area (Å²) in [6.45, 7) is -0.619.